The summed E-state index contributed by atoms with van der Waals surface area (Å²) in [4.78, 5) is 28.7. The molecule has 10 heteroatoms. The third-order valence-electron chi connectivity index (χ3n) is 5.98. The van der Waals surface area contributed by atoms with Crippen LogP contribution in [0.2, 0.25) is 5.02 Å². The van der Waals surface area contributed by atoms with E-state index in [-0.39, 0.29) is 11.4 Å². The largest absolute Gasteiger partial charge is 0.493 e. The average molecular weight is 621 g/mol. The first-order valence-corrected chi connectivity index (χ1v) is 13.1. The Morgan fingerprint density at radius 2 is 1.77 bits per heavy atom. The van der Waals surface area contributed by atoms with Crippen LogP contribution in [-0.4, -0.2) is 30.2 Å². The molecule has 0 saturated carbocycles. The van der Waals surface area contributed by atoms with Crippen LogP contribution in [0.25, 0.3) is 22.0 Å². The Kier molecular flexibility index (Phi) is 7.95. The van der Waals surface area contributed by atoms with Gasteiger partial charge in [0.1, 0.15) is 11.5 Å². The van der Waals surface area contributed by atoms with E-state index < -0.39 is 17.7 Å². The topological polar surface area (TPSA) is 92.8 Å². The number of carbonyl (C=O) groups excluding carboxylic acids is 2. The molecule has 5 aromatic rings. The van der Waals surface area contributed by atoms with E-state index >= 15 is 0 Å². The Hall–Kier alpha value is -4.47. The second-order valence-electron chi connectivity index (χ2n) is 8.55. The van der Waals surface area contributed by atoms with Crippen molar-refractivity contribution in [1.82, 2.24) is 10.4 Å². The SMILES string of the molecule is COc1cc(C=NNC(=O)c2[nH]c3ccc(F)cc3c2-c2ccccc2Cl)ccc1OC(=O)c1ccc(Br)cc1. The van der Waals surface area contributed by atoms with Crippen molar-refractivity contribution in [3.8, 4) is 22.6 Å². The van der Waals surface area contributed by atoms with Gasteiger partial charge in [0.25, 0.3) is 5.91 Å². The van der Waals surface area contributed by atoms with E-state index in [0.29, 0.717) is 43.9 Å². The van der Waals surface area contributed by atoms with Crippen molar-refractivity contribution in [3.05, 3.63) is 117 Å². The molecule has 1 amide bonds. The standard InChI is InChI=1S/C30H20BrClFN3O4/c1-39-26-14-17(6-13-25(26)40-30(38)18-7-9-19(31)10-8-18)16-34-36-29(37)28-27(21-4-2-3-5-23(21)32)22-15-20(33)11-12-24(22)35-28/h2-16,35H,1H3,(H,36,37). The van der Waals surface area contributed by atoms with E-state index in [4.69, 9.17) is 21.1 Å². The number of fused-ring (bicyclic) bond motifs is 1. The lowest BCUT2D eigenvalue weighted by Gasteiger charge is -2.10. The second-order valence-corrected chi connectivity index (χ2v) is 9.87. The molecule has 0 fully saturated rings. The highest BCUT2D eigenvalue weighted by atomic mass is 79.9. The Morgan fingerprint density at radius 1 is 1.00 bits per heavy atom. The first kappa shape index (κ1) is 27.1. The predicted octanol–water partition coefficient (Wildman–Crippen LogP) is 7.38. The number of aromatic nitrogens is 1. The Bertz CT molecular complexity index is 1770. The van der Waals surface area contributed by atoms with Crippen LogP contribution in [0.15, 0.2) is 94.5 Å². The number of nitrogens with one attached hydrogen (secondary N) is 2. The number of rotatable bonds is 7. The van der Waals surface area contributed by atoms with E-state index in [2.05, 4.69) is 31.4 Å². The number of esters is 1. The summed E-state index contributed by atoms with van der Waals surface area (Å²) >= 11 is 9.75. The van der Waals surface area contributed by atoms with Gasteiger partial charge in [-0.1, -0.05) is 45.7 Å². The molecule has 7 nitrogen and oxygen atoms in total. The smallest absolute Gasteiger partial charge is 0.343 e. The molecule has 0 unspecified atom stereocenters. The number of carbonyl (C=O) groups is 2. The molecular weight excluding hydrogens is 601 g/mol. The van der Waals surface area contributed by atoms with Crippen molar-refractivity contribution in [3.63, 3.8) is 0 Å². The molecular formula is C30H20BrClFN3O4. The van der Waals surface area contributed by atoms with E-state index in [0.717, 1.165) is 4.47 Å². The van der Waals surface area contributed by atoms with Gasteiger partial charge >= 0.3 is 5.97 Å². The molecule has 200 valence electrons. The summed E-state index contributed by atoms with van der Waals surface area (Å²) in [6.07, 6.45) is 1.41. The fourth-order valence-corrected chi connectivity index (χ4v) is 4.59. The number of aromatic amines is 1. The zero-order chi connectivity index (χ0) is 28.2. The van der Waals surface area contributed by atoms with Gasteiger partial charge in [0.05, 0.1) is 18.9 Å². The predicted molar refractivity (Wildman–Crippen MR) is 156 cm³/mol. The highest BCUT2D eigenvalue weighted by molar-refractivity contribution is 9.10. The molecule has 1 aromatic heterocycles. The summed E-state index contributed by atoms with van der Waals surface area (Å²) < 4.78 is 25.8. The van der Waals surface area contributed by atoms with Crippen molar-refractivity contribution in [2.45, 2.75) is 0 Å². The van der Waals surface area contributed by atoms with Crippen LogP contribution in [-0.2, 0) is 0 Å². The molecule has 0 aliphatic heterocycles. The Morgan fingerprint density at radius 3 is 2.52 bits per heavy atom. The second kappa shape index (κ2) is 11.7. The van der Waals surface area contributed by atoms with Gasteiger partial charge in [0, 0.05) is 31.5 Å². The summed E-state index contributed by atoms with van der Waals surface area (Å²) in [5.41, 5.74) is 5.25. The number of amides is 1. The Balaban J connectivity index is 1.36. The fourth-order valence-electron chi connectivity index (χ4n) is 4.09. The number of ether oxygens (including phenoxy) is 2. The molecule has 0 aliphatic carbocycles. The molecule has 4 aromatic carbocycles. The van der Waals surface area contributed by atoms with Crippen molar-refractivity contribution in [1.29, 1.82) is 0 Å². The monoisotopic (exact) mass is 619 g/mol. The van der Waals surface area contributed by atoms with Gasteiger partial charge in [-0.25, -0.2) is 14.6 Å². The number of hydrazone groups is 1. The normalized spacial score (nSPS) is 11.1. The summed E-state index contributed by atoms with van der Waals surface area (Å²) in [7, 11) is 1.45. The summed E-state index contributed by atoms with van der Waals surface area (Å²) in [6, 6.07) is 22.8. The number of benzene rings is 4. The van der Waals surface area contributed by atoms with E-state index in [1.165, 1.54) is 25.5 Å². The van der Waals surface area contributed by atoms with E-state index in [9.17, 15) is 14.0 Å². The number of hydrogen-bond acceptors (Lipinski definition) is 5. The van der Waals surface area contributed by atoms with Crippen molar-refractivity contribution < 1.29 is 23.5 Å². The van der Waals surface area contributed by atoms with Crippen LogP contribution in [0.3, 0.4) is 0 Å². The minimum absolute atomic E-state index is 0.179. The van der Waals surface area contributed by atoms with Gasteiger partial charge in [-0.05, 0) is 72.3 Å². The lowest BCUT2D eigenvalue weighted by Crippen LogP contribution is -2.19. The minimum Gasteiger partial charge on any atom is -0.493 e. The van der Waals surface area contributed by atoms with Crippen LogP contribution in [0.4, 0.5) is 4.39 Å². The van der Waals surface area contributed by atoms with Crippen LogP contribution in [0, 0.1) is 5.82 Å². The lowest BCUT2D eigenvalue weighted by molar-refractivity contribution is 0.0729. The number of hydrogen-bond donors (Lipinski definition) is 2. The highest BCUT2D eigenvalue weighted by Crippen LogP contribution is 2.37. The van der Waals surface area contributed by atoms with Crippen LogP contribution in [0.5, 0.6) is 11.5 Å². The molecule has 2 N–H and O–H groups in total. The summed E-state index contributed by atoms with van der Waals surface area (Å²) in [5, 5.41) is 4.99. The van der Waals surface area contributed by atoms with E-state index in [1.54, 1.807) is 72.8 Å². The summed E-state index contributed by atoms with van der Waals surface area (Å²) in [5.74, 6) is -0.989. The third-order valence-corrected chi connectivity index (χ3v) is 6.84. The molecule has 1 heterocycles. The zero-order valence-corrected chi connectivity index (χ0v) is 23.2. The summed E-state index contributed by atoms with van der Waals surface area (Å²) in [6.45, 7) is 0. The zero-order valence-electron chi connectivity index (χ0n) is 20.9. The molecule has 0 aliphatic rings. The number of halogens is 3. The van der Waals surface area contributed by atoms with Crippen molar-refractivity contribution in [2.24, 2.45) is 5.10 Å². The van der Waals surface area contributed by atoms with Gasteiger partial charge in [-0.2, -0.15) is 5.10 Å². The van der Waals surface area contributed by atoms with Gasteiger partial charge < -0.3 is 14.5 Å². The van der Waals surface area contributed by atoms with Gasteiger partial charge in [0.2, 0.25) is 0 Å². The first-order valence-electron chi connectivity index (χ1n) is 11.9. The molecule has 0 saturated heterocycles. The Labute approximate surface area is 241 Å². The number of nitrogens with zero attached hydrogens (tertiary/aromatic N) is 1. The van der Waals surface area contributed by atoms with Crippen LogP contribution >= 0.6 is 27.5 Å². The molecule has 0 bridgehead atoms. The molecule has 0 atom stereocenters. The third kappa shape index (κ3) is 5.75. The maximum absolute atomic E-state index is 14.1. The van der Waals surface area contributed by atoms with Crippen molar-refractivity contribution >= 4 is 56.5 Å². The average Bonchev–Trinajstić information content (AvgIpc) is 3.32. The molecule has 0 spiro atoms. The van der Waals surface area contributed by atoms with Crippen molar-refractivity contribution in [2.75, 3.05) is 7.11 Å². The van der Waals surface area contributed by atoms with Gasteiger partial charge in [-0.15, -0.1) is 0 Å². The maximum Gasteiger partial charge on any atom is 0.343 e. The highest BCUT2D eigenvalue weighted by Gasteiger charge is 2.21. The number of H-pyrrole nitrogens is 1. The first-order chi connectivity index (χ1) is 19.3. The maximum atomic E-state index is 14.1. The minimum atomic E-state index is -0.546. The lowest BCUT2D eigenvalue weighted by atomic mass is 10.0. The molecule has 5 rings (SSSR count). The number of methoxy groups -OCH3 is 1. The molecule has 0 radical (unpaired) electrons. The fraction of sp³-hybridized carbons (Fsp3) is 0.0333. The van der Waals surface area contributed by atoms with Crippen LogP contribution < -0.4 is 14.9 Å². The van der Waals surface area contributed by atoms with Gasteiger partial charge in [0.15, 0.2) is 11.5 Å². The van der Waals surface area contributed by atoms with Gasteiger partial charge in [-0.3, -0.25) is 4.79 Å². The molecule has 40 heavy (non-hydrogen) atoms. The van der Waals surface area contributed by atoms with Crippen LogP contribution in [0.1, 0.15) is 26.4 Å². The van der Waals surface area contributed by atoms with E-state index in [1.807, 2.05) is 0 Å². The quantitative estimate of drug-likeness (QED) is 0.0859.